The number of halogens is 2. The van der Waals surface area contributed by atoms with Crippen molar-refractivity contribution in [1.29, 1.82) is 0 Å². The van der Waals surface area contributed by atoms with E-state index in [1.807, 2.05) is 0 Å². The molecule has 0 saturated carbocycles. The van der Waals surface area contributed by atoms with Gasteiger partial charge in [-0.1, -0.05) is 77.8 Å². The molecule has 7 rings (SSSR count). The summed E-state index contributed by atoms with van der Waals surface area (Å²) in [5, 5.41) is 0.890. The second-order valence-corrected chi connectivity index (χ2v) is 11.5. The number of para-hydroxylation sites is 2. The summed E-state index contributed by atoms with van der Waals surface area (Å²) in [6.07, 6.45) is 0.0531. The molecular formula is C33H22Cl2N2O4. The van der Waals surface area contributed by atoms with Gasteiger partial charge in [0.2, 0.25) is 23.6 Å². The lowest BCUT2D eigenvalue weighted by Gasteiger charge is -2.43. The Bertz CT molecular complexity index is 1740. The molecule has 4 atom stereocenters. The van der Waals surface area contributed by atoms with Crippen LogP contribution in [0.3, 0.4) is 0 Å². The van der Waals surface area contributed by atoms with E-state index in [0.717, 1.165) is 5.56 Å². The summed E-state index contributed by atoms with van der Waals surface area (Å²) in [5.41, 5.74) is 1.01. The van der Waals surface area contributed by atoms with Gasteiger partial charge in [-0.25, -0.2) is 9.80 Å². The lowest BCUT2D eigenvalue weighted by Crippen LogP contribution is -2.51. The van der Waals surface area contributed by atoms with Crippen LogP contribution >= 0.6 is 23.2 Å². The second-order valence-electron chi connectivity index (χ2n) is 10.7. The second kappa shape index (κ2) is 9.40. The molecule has 0 unspecified atom stereocenters. The number of amides is 4. The third-order valence-corrected chi connectivity index (χ3v) is 9.07. The number of rotatable bonds is 4. The fraction of sp³-hybridized carbons (Fsp3) is 0.152. The van der Waals surface area contributed by atoms with Crippen molar-refractivity contribution in [3.8, 4) is 0 Å². The van der Waals surface area contributed by atoms with Gasteiger partial charge in [0.15, 0.2) is 0 Å². The van der Waals surface area contributed by atoms with E-state index in [1.165, 1.54) is 9.80 Å². The molecule has 3 aliphatic rings. The van der Waals surface area contributed by atoms with Crippen molar-refractivity contribution >= 4 is 58.2 Å². The predicted octanol–water partition coefficient (Wildman–Crippen LogP) is 6.17. The topological polar surface area (TPSA) is 74.8 Å². The van der Waals surface area contributed by atoms with E-state index in [2.05, 4.69) is 0 Å². The first kappa shape index (κ1) is 25.7. The van der Waals surface area contributed by atoms with Crippen molar-refractivity contribution in [2.45, 2.75) is 18.3 Å². The van der Waals surface area contributed by atoms with Crippen molar-refractivity contribution in [2.24, 2.45) is 11.3 Å². The lowest BCUT2D eigenvalue weighted by atomic mass is 9.54. The number of fused-ring (bicyclic) bond motifs is 6. The molecule has 4 aromatic rings. The maximum absolute atomic E-state index is 14.8. The average molecular weight is 581 g/mol. The molecule has 41 heavy (non-hydrogen) atoms. The summed E-state index contributed by atoms with van der Waals surface area (Å²) in [6.45, 7) is 0. The van der Waals surface area contributed by atoms with Crippen LogP contribution in [-0.2, 0) is 25.6 Å². The Morgan fingerprint density at radius 1 is 0.610 bits per heavy atom. The number of benzene rings is 4. The van der Waals surface area contributed by atoms with Crippen LogP contribution in [0.2, 0.25) is 10.0 Å². The maximum Gasteiger partial charge on any atom is 0.242 e. The van der Waals surface area contributed by atoms with Crippen LogP contribution in [-0.4, -0.2) is 23.6 Å². The smallest absolute Gasteiger partial charge is 0.242 e. The number of imide groups is 2. The zero-order chi connectivity index (χ0) is 28.5. The van der Waals surface area contributed by atoms with Crippen LogP contribution in [0, 0.1) is 11.3 Å². The highest BCUT2D eigenvalue weighted by Crippen LogP contribution is 2.63. The Hall–Kier alpha value is -4.26. The molecule has 8 heteroatoms. The van der Waals surface area contributed by atoms with Gasteiger partial charge in [-0.3, -0.25) is 19.2 Å². The molecular weight excluding hydrogens is 559 g/mol. The number of hydrogen-bond acceptors (Lipinski definition) is 4. The number of hydrogen-bond donors (Lipinski definition) is 0. The molecule has 1 aliphatic carbocycles. The molecule has 4 aromatic carbocycles. The summed E-state index contributed by atoms with van der Waals surface area (Å²) >= 11 is 12.6. The number of carbonyl (C=O) groups excluding carboxylic acids is 4. The highest BCUT2D eigenvalue weighted by Gasteiger charge is 2.73. The Morgan fingerprint density at radius 3 is 1.83 bits per heavy atom. The summed E-state index contributed by atoms with van der Waals surface area (Å²) in [5.74, 6) is -5.00. The first-order chi connectivity index (χ1) is 19.8. The first-order valence-corrected chi connectivity index (χ1v) is 14.0. The van der Waals surface area contributed by atoms with Crippen LogP contribution in [0.15, 0.2) is 103 Å². The van der Waals surface area contributed by atoms with Crippen LogP contribution < -0.4 is 9.80 Å². The van der Waals surface area contributed by atoms with Crippen LogP contribution in [0.25, 0.3) is 0 Å². The highest BCUT2D eigenvalue weighted by atomic mass is 35.5. The van der Waals surface area contributed by atoms with E-state index in [1.54, 1.807) is 103 Å². The lowest BCUT2D eigenvalue weighted by molar-refractivity contribution is -0.138. The molecule has 4 amide bonds. The van der Waals surface area contributed by atoms with Gasteiger partial charge in [-0.15, -0.1) is 0 Å². The minimum atomic E-state index is -1.58. The quantitative estimate of drug-likeness (QED) is 0.271. The highest BCUT2D eigenvalue weighted by molar-refractivity contribution is 6.33. The van der Waals surface area contributed by atoms with E-state index in [0.29, 0.717) is 32.5 Å². The van der Waals surface area contributed by atoms with E-state index >= 15 is 0 Å². The van der Waals surface area contributed by atoms with Gasteiger partial charge in [-0.05, 0) is 71.6 Å². The third-order valence-electron chi connectivity index (χ3n) is 8.58. The van der Waals surface area contributed by atoms with Gasteiger partial charge in [0.25, 0.3) is 0 Å². The minimum Gasteiger partial charge on any atom is -0.274 e. The average Bonchev–Trinajstić information content (AvgIpc) is 3.37. The number of anilines is 2. The van der Waals surface area contributed by atoms with Crippen molar-refractivity contribution < 1.29 is 19.2 Å². The molecule has 6 nitrogen and oxygen atoms in total. The monoisotopic (exact) mass is 580 g/mol. The predicted molar refractivity (Wildman–Crippen MR) is 156 cm³/mol. The largest absolute Gasteiger partial charge is 0.274 e. The Kier molecular flexibility index (Phi) is 5.89. The zero-order valence-corrected chi connectivity index (χ0v) is 23.0. The van der Waals surface area contributed by atoms with Gasteiger partial charge in [0.1, 0.15) is 0 Å². The Balaban J connectivity index is 1.52. The first-order valence-electron chi connectivity index (χ1n) is 13.2. The Morgan fingerprint density at radius 2 is 1.20 bits per heavy atom. The van der Waals surface area contributed by atoms with E-state index in [4.69, 9.17) is 23.2 Å². The van der Waals surface area contributed by atoms with Crippen molar-refractivity contribution in [3.63, 3.8) is 0 Å². The molecule has 0 aromatic heterocycles. The summed E-state index contributed by atoms with van der Waals surface area (Å²) < 4.78 is 0. The molecule has 2 fully saturated rings. The molecule has 202 valence electrons. The van der Waals surface area contributed by atoms with E-state index in [-0.39, 0.29) is 6.42 Å². The van der Waals surface area contributed by atoms with Gasteiger partial charge in [0.05, 0.1) is 34.5 Å². The summed E-state index contributed by atoms with van der Waals surface area (Å²) in [7, 11) is 0. The molecule has 2 aliphatic heterocycles. The van der Waals surface area contributed by atoms with E-state index < -0.39 is 46.8 Å². The molecule has 0 spiro atoms. The van der Waals surface area contributed by atoms with Gasteiger partial charge >= 0.3 is 0 Å². The van der Waals surface area contributed by atoms with Gasteiger partial charge in [0, 0.05) is 10.0 Å². The number of nitrogens with zero attached hydrogens (tertiary/aromatic N) is 2. The molecule has 2 heterocycles. The minimum absolute atomic E-state index is 0.0531. The van der Waals surface area contributed by atoms with E-state index in [9.17, 15) is 19.2 Å². The standard InChI is InChI=1S/C33H22Cl2N2O4/c34-20-13-11-19(12-14-20)18-33-27(30(39)37(32(33)41)23-9-5-2-6-10-23)25-17-21(35)15-16-24(25)26-28(33)31(40)36(29(26)38)22-7-3-1-4-8-22/h1-17,26-28H,18H2/t26-,27-,28-,33+/m1/s1. The Labute approximate surface area is 246 Å². The third kappa shape index (κ3) is 3.64. The van der Waals surface area contributed by atoms with Gasteiger partial charge < -0.3 is 0 Å². The van der Waals surface area contributed by atoms with Crippen LogP contribution in [0.1, 0.15) is 28.5 Å². The molecule has 0 radical (unpaired) electrons. The summed E-state index contributed by atoms with van der Waals surface area (Å²) in [4.78, 5) is 60.3. The SMILES string of the molecule is O=C1[C@@H]2c3ccc(Cl)cc3[C@@H]3C(=O)N(c4ccccc4)C(=O)[C@]3(Cc3ccc(Cl)cc3)[C@H]2C(=O)N1c1ccccc1. The fourth-order valence-corrected chi connectivity index (χ4v) is 7.27. The number of carbonyl (C=O) groups is 4. The normalized spacial score (nSPS) is 24.9. The molecule has 2 saturated heterocycles. The van der Waals surface area contributed by atoms with Crippen molar-refractivity contribution in [2.75, 3.05) is 9.80 Å². The summed E-state index contributed by atoms with van der Waals surface area (Å²) in [6, 6.07) is 29.4. The maximum atomic E-state index is 14.8. The fourth-order valence-electron chi connectivity index (χ4n) is 6.97. The van der Waals surface area contributed by atoms with Gasteiger partial charge in [-0.2, -0.15) is 0 Å². The molecule has 0 N–H and O–H groups in total. The van der Waals surface area contributed by atoms with Crippen molar-refractivity contribution in [3.05, 3.63) is 130 Å². The van der Waals surface area contributed by atoms with Crippen molar-refractivity contribution in [1.82, 2.24) is 0 Å². The van der Waals surface area contributed by atoms with Crippen LogP contribution in [0.4, 0.5) is 11.4 Å². The molecule has 0 bridgehead atoms. The zero-order valence-electron chi connectivity index (χ0n) is 21.5. The van der Waals surface area contributed by atoms with Crippen LogP contribution in [0.5, 0.6) is 0 Å².